The molecule has 1 saturated heterocycles. The number of rotatable bonds is 5. The zero-order chi connectivity index (χ0) is 20.2. The molecule has 3 heterocycles. The minimum atomic E-state index is -0.0466. The molecule has 7 heteroatoms. The van der Waals surface area contributed by atoms with Gasteiger partial charge in [0, 0.05) is 25.6 Å². The van der Waals surface area contributed by atoms with Gasteiger partial charge in [-0.3, -0.25) is 4.79 Å². The van der Waals surface area contributed by atoms with Crippen molar-refractivity contribution in [2.45, 2.75) is 26.3 Å². The maximum atomic E-state index is 12.5. The predicted molar refractivity (Wildman–Crippen MR) is 107 cm³/mol. The van der Waals surface area contributed by atoms with Crippen molar-refractivity contribution in [1.29, 1.82) is 5.26 Å². The number of amides is 1. The van der Waals surface area contributed by atoms with E-state index in [0.717, 1.165) is 5.56 Å². The van der Waals surface area contributed by atoms with Crippen molar-refractivity contribution < 1.29 is 13.6 Å². The van der Waals surface area contributed by atoms with Crippen molar-refractivity contribution in [2.75, 3.05) is 18.0 Å². The molecule has 1 N–H and O–H groups in total. The number of aromatic nitrogens is 1. The van der Waals surface area contributed by atoms with E-state index in [1.807, 2.05) is 36.1 Å². The summed E-state index contributed by atoms with van der Waals surface area (Å²) in [4.78, 5) is 18.7. The Hall–Kier alpha value is -3.53. The molecule has 29 heavy (non-hydrogen) atoms. The number of hydrogen-bond donors (Lipinski definition) is 1. The van der Waals surface area contributed by atoms with Crippen LogP contribution in [-0.4, -0.2) is 24.0 Å². The Balaban J connectivity index is 1.35. The van der Waals surface area contributed by atoms with Crippen LogP contribution in [0.3, 0.4) is 0 Å². The second-order valence-electron chi connectivity index (χ2n) is 7.23. The maximum absolute atomic E-state index is 12.5. The van der Waals surface area contributed by atoms with Crippen LogP contribution in [-0.2, 0) is 11.3 Å². The van der Waals surface area contributed by atoms with Crippen molar-refractivity contribution in [1.82, 2.24) is 10.3 Å². The zero-order valence-electron chi connectivity index (χ0n) is 16.2. The molecule has 0 saturated carbocycles. The lowest BCUT2D eigenvalue weighted by molar-refractivity contribution is -0.125. The van der Waals surface area contributed by atoms with Crippen molar-refractivity contribution in [3.05, 3.63) is 59.5 Å². The van der Waals surface area contributed by atoms with Crippen molar-refractivity contribution in [3.8, 4) is 17.7 Å². The van der Waals surface area contributed by atoms with E-state index in [0.29, 0.717) is 50.0 Å². The van der Waals surface area contributed by atoms with E-state index in [1.165, 1.54) is 11.8 Å². The first-order valence-electron chi connectivity index (χ1n) is 9.67. The van der Waals surface area contributed by atoms with Crippen LogP contribution in [0, 0.1) is 24.2 Å². The highest BCUT2D eigenvalue weighted by molar-refractivity contribution is 5.79. The molecule has 148 valence electrons. The van der Waals surface area contributed by atoms with E-state index in [-0.39, 0.29) is 17.5 Å². The summed E-state index contributed by atoms with van der Waals surface area (Å²) in [7, 11) is 0. The van der Waals surface area contributed by atoms with Gasteiger partial charge in [0.1, 0.15) is 6.07 Å². The largest absolute Gasteiger partial charge is 0.459 e. The minimum absolute atomic E-state index is 0.0466. The molecule has 3 aromatic rings. The van der Waals surface area contributed by atoms with Crippen molar-refractivity contribution in [3.63, 3.8) is 0 Å². The number of anilines is 1. The summed E-state index contributed by atoms with van der Waals surface area (Å²) < 4.78 is 11.1. The van der Waals surface area contributed by atoms with Gasteiger partial charge < -0.3 is 19.1 Å². The Bertz CT molecular complexity index is 1010. The Labute approximate surface area is 168 Å². The first-order chi connectivity index (χ1) is 14.1. The number of furan rings is 1. The fourth-order valence-electron chi connectivity index (χ4n) is 3.49. The lowest BCUT2D eigenvalue weighted by Gasteiger charge is -2.31. The van der Waals surface area contributed by atoms with Crippen LogP contribution >= 0.6 is 0 Å². The van der Waals surface area contributed by atoms with Gasteiger partial charge >= 0.3 is 0 Å². The Morgan fingerprint density at radius 2 is 2.03 bits per heavy atom. The van der Waals surface area contributed by atoms with E-state index in [9.17, 15) is 10.1 Å². The van der Waals surface area contributed by atoms with Crippen molar-refractivity contribution in [2.24, 2.45) is 5.92 Å². The standard InChI is InChI=1S/C22H22N4O3/c1-15-4-6-16(7-5-15)14-24-20(27)17-8-10-26(11-9-17)22-18(13-23)25-21(29-22)19-3-2-12-28-19/h2-7,12,17H,8-11,14H2,1H3,(H,24,27). The number of benzene rings is 1. The third kappa shape index (κ3) is 4.16. The number of nitrogens with zero attached hydrogens (tertiary/aromatic N) is 3. The van der Waals surface area contributed by atoms with Gasteiger partial charge in [-0.1, -0.05) is 29.8 Å². The summed E-state index contributed by atoms with van der Waals surface area (Å²) in [6.07, 6.45) is 2.93. The van der Waals surface area contributed by atoms with Gasteiger partial charge in [0.25, 0.3) is 5.89 Å². The van der Waals surface area contributed by atoms with Gasteiger partial charge in [0.2, 0.25) is 17.5 Å². The second-order valence-corrected chi connectivity index (χ2v) is 7.23. The summed E-state index contributed by atoms with van der Waals surface area (Å²) >= 11 is 0. The lowest BCUT2D eigenvalue weighted by Crippen LogP contribution is -2.40. The Morgan fingerprint density at radius 1 is 1.28 bits per heavy atom. The van der Waals surface area contributed by atoms with Gasteiger partial charge in [0.15, 0.2) is 5.76 Å². The highest BCUT2D eigenvalue weighted by Crippen LogP contribution is 2.31. The topological polar surface area (TPSA) is 95.3 Å². The van der Waals surface area contributed by atoms with Crippen LogP contribution in [0.5, 0.6) is 0 Å². The monoisotopic (exact) mass is 390 g/mol. The molecule has 1 amide bonds. The number of carbonyl (C=O) groups excluding carboxylic acids is 1. The molecule has 7 nitrogen and oxygen atoms in total. The van der Waals surface area contributed by atoms with Gasteiger partial charge in [-0.2, -0.15) is 10.2 Å². The van der Waals surface area contributed by atoms with Gasteiger partial charge in [0.05, 0.1) is 6.26 Å². The Morgan fingerprint density at radius 3 is 2.69 bits per heavy atom. The van der Waals surface area contributed by atoms with Crippen LogP contribution < -0.4 is 10.2 Å². The number of nitriles is 1. The molecule has 1 aliphatic heterocycles. The molecule has 0 aliphatic carbocycles. The van der Waals surface area contributed by atoms with Crippen LogP contribution in [0.4, 0.5) is 5.88 Å². The highest BCUT2D eigenvalue weighted by atomic mass is 16.4. The first kappa shape index (κ1) is 18.8. The molecule has 0 spiro atoms. The molecule has 0 bridgehead atoms. The molecule has 0 radical (unpaired) electrons. The van der Waals surface area contributed by atoms with E-state index < -0.39 is 0 Å². The number of carbonyl (C=O) groups is 1. The molecule has 0 atom stereocenters. The fraction of sp³-hybridized carbons (Fsp3) is 0.318. The summed E-state index contributed by atoms with van der Waals surface area (Å²) in [5.74, 6) is 1.24. The molecule has 1 aliphatic rings. The van der Waals surface area contributed by atoms with E-state index in [2.05, 4.69) is 16.4 Å². The average molecular weight is 390 g/mol. The number of piperidine rings is 1. The molecule has 4 rings (SSSR count). The van der Waals surface area contributed by atoms with Crippen LogP contribution in [0.15, 0.2) is 51.5 Å². The first-order valence-corrected chi connectivity index (χ1v) is 9.67. The lowest BCUT2D eigenvalue weighted by atomic mass is 9.96. The average Bonchev–Trinajstić information content (AvgIpc) is 3.43. The normalized spacial score (nSPS) is 14.6. The summed E-state index contributed by atoms with van der Waals surface area (Å²) in [5.41, 5.74) is 2.53. The van der Waals surface area contributed by atoms with Crippen molar-refractivity contribution >= 4 is 11.8 Å². The van der Waals surface area contributed by atoms with Crippen LogP contribution in [0.25, 0.3) is 11.7 Å². The van der Waals surface area contributed by atoms with E-state index in [4.69, 9.17) is 8.83 Å². The Kier molecular flexibility index (Phi) is 5.34. The van der Waals surface area contributed by atoms with Gasteiger partial charge in [-0.25, -0.2) is 0 Å². The van der Waals surface area contributed by atoms with Gasteiger partial charge in [-0.15, -0.1) is 0 Å². The fourth-order valence-corrected chi connectivity index (χ4v) is 3.49. The highest BCUT2D eigenvalue weighted by Gasteiger charge is 2.29. The molecular weight excluding hydrogens is 368 g/mol. The number of aryl methyl sites for hydroxylation is 1. The molecule has 1 aromatic carbocycles. The summed E-state index contributed by atoms with van der Waals surface area (Å²) in [6.45, 7) is 3.83. The quantitative estimate of drug-likeness (QED) is 0.714. The smallest absolute Gasteiger partial charge is 0.266 e. The van der Waals surface area contributed by atoms with Gasteiger partial charge in [-0.05, 0) is 37.5 Å². The van der Waals surface area contributed by atoms with Crippen LogP contribution in [0.2, 0.25) is 0 Å². The van der Waals surface area contributed by atoms with E-state index >= 15 is 0 Å². The predicted octanol–water partition coefficient (Wildman–Crippen LogP) is 3.65. The number of hydrogen-bond acceptors (Lipinski definition) is 6. The number of nitrogens with one attached hydrogen (secondary N) is 1. The minimum Gasteiger partial charge on any atom is -0.459 e. The third-order valence-corrected chi connectivity index (χ3v) is 5.19. The molecule has 0 unspecified atom stereocenters. The number of oxazole rings is 1. The summed E-state index contributed by atoms with van der Waals surface area (Å²) in [5, 5.41) is 12.4. The molecule has 2 aromatic heterocycles. The molecule has 1 fully saturated rings. The zero-order valence-corrected chi connectivity index (χ0v) is 16.2. The SMILES string of the molecule is Cc1ccc(CNC(=O)C2CCN(c3oc(-c4ccco4)nc3C#N)CC2)cc1. The molecular formula is C22H22N4O3. The van der Waals surface area contributed by atoms with E-state index in [1.54, 1.807) is 12.1 Å². The summed E-state index contributed by atoms with van der Waals surface area (Å²) in [6, 6.07) is 13.7. The maximum Gasteiger partial charge on any atom is 0.266 e. The van der Waals surface area contributed by atoms with Crippen LogP contribution in [0.1, 0.15) is 29.7 Å². The third-order valence-electron chi connectivity index (χ3n) is 5.19. The second kappa shape index (κ2) is 8.23.